The fourth-order valence-corrected chi connectivity index (χ4v) is 9.25. The highest BCUT2D eigenvalue weighted by Crippen LogP contribution is 2.65. The summed E-state index contributed by atoms with van der Waals surface area (Å²) in [7, 11) is 0. The van der Waals surface area contributed by atoms with E-state index >= 15 is 4.79 Å². The first-order valence-corrected chi connectivity index (χ1v) is 17.5. The van der Waals surface area contributed by atoms with E-state index in [2.05, 4.69) is 21.4 Å². The number of likely N-dealkylation sites (tertiary alicyclic amines) is 1. The lowest BCUT2D eigenvalue weighted by atomic mass is 9.49. The third kappa shape index (κ3) is 4.91. The number of rotatable bonds is 6. The Hall–Kier alpha value is -4.80. The van der Waals surface area contributed by atoms with Crippen LogP contribution in [-0.2, 0) is 31.1 Å². The highest BCUT2D eigenvalue weighted by Gasteiger charge is 2.70. The summed E-state index contributed by atoms with van der Waals surface area (Å²) in [6.07, 6.45) is 2.31. The fourth-order valence-electron chi connectivity index (χ4n) is 8.74. The lowest BCUT2D eigenvalue weighted by Crippen LogP contribution is -2.53. The largest absolute Gasteiger partial charge is 0.508 e. The van der Waals surface area contributed by atoms with E-state index in [0.717, 1.165) is 16.1 Å². The number of fused-ring (bicyclic) bond motifs is 4. The smallest absolute Gasteiger partial charge is 0.260 e. The number of hydrogen-bond donors (Lipinski definition) is 2. The van der Waals surface area contributed by atoms with Crippen molar-refractivity contribution in [3.63, 3.8) is 0 Å². The number of nitrogens with one attached hydrogen (secondary N) is 1. The number of phenolic OH excluding ortho intramolecular Hbond substituents is 1. The molecule has 2 N–H and O–H groups in total. The van der Waals surface area contributed by atoms with Crippen molar-refractivity contribution in [1.29, 1.82) is 0 Å². The van der Waals surface area contributed by atoms with E-state index in [1.807, 2.05) is 36.4 Å². The number of carbonyl (C=O) groups is 4. The Kier molecular flexibility index (Phi) is 7.91. The predicted octanol–water partition coefficient (Wildman–Crippen LogP) is 7.13. The van der Waals surface area contributed by atoms with E-state index in [9.17, 15) is 23.9 Å². The number of nitrogens with zero attached hydrogens (tertiary/aromatic N) is 2. The molecule has 252 valence electrons. The van der Waals surface area contributed by atoms with Crippen molar-refractivity contribution >= 4 is 56.8 Å². The monoisotopic (exact) mass is 753 g/mol. The summed E-state index contributed by atoms with van der Waals surface area (Å²) in [5.74, 6) is -6.12. The van der Waals surface area contributed by atoms with Gasteiger partial charge in [-0.15, -0.1) is 0 Å². The van der Waals surface area contributed by atoms with Gasteiger partial charge in [0.15, 0.2) is 0 Å². The molecule has 2 saturated heterocycles. The first kappa shape index (κ1) is 32.4. The van der Waals surface area contributed by atoms with Gasteiger partial charge in [-0.3, -0.25) is 29.5 Å². The SMILES string of the molecule is O=C1[C@H]2[C@H](CC=C3[C@H]2C[C@H]2C(=O)N(Nc4ccc(F)cc4)C(=O)[C@@]2(c2ccc(Cl)cc2)[C@H]3c2cc(Br)ccc2O)C(=O)N1Cc1ccccc1. The van der Waals surface area contributed by atoms with Crippen LogP contribution in [0.1, 0.15) is 35.4 Å². The molecule has 8 nitrogen and oxygen atoms in total. The minimum atomic E-state index is -1.59. The number of phenols is 1. The molecule has 2 aliphatic heterocycles. The average molecular weight is 755 g/mol. The minimum absolute atomic E-state index is 0.0846. The molecule has 8 rings (SSSR count). The van der Waals surface area contributed by atoms with Crippen LogP contribution in [0.15, 0.2) is 113 Å². The molecular formula is C39H30BrClFN3O5. The molecule has 0 unspecified atom stereocenters. The molecule has 4 aromatic rings. The van der Waals surface area contributed by atoms with Crippen molar-refractivity contribution in [2.45, 2.75) is 30.7 Å². The van der Waals surface area contributed by atoms with Crippen LogP contribution in [0.5, 0.6) is 5.75 Å². The van der Waals surface area contributed by atoms with E-state index in [4.69, 9.17) is 11.6 Å². The van der Waals surface area contributed by atoms with Crippen LogP contribution in [-0.4, -0.2) is 38.6 Å². The summed E-state index contributed by atoms with van der Waals surface area (Å²) in [4.78, 5) is 59.4. The van der Waals surface area contributed by atoms with Crippen molar-refractivity contribution < 1.29 is 28.7 Å². The van der Waals surface area contributed by atoms with Gasteiger partial charge in [-0.1, -0.05) is 81.6 Å². The zero-order valence-corrected chi connectivity index (χ0v) is 28.8. The average Bonchev–Trinajstić information content (AvgIpc) is 3.48. The van der Waals surface area contributed by atoms with Gasteiger partial charge >= 0.3 is 0 Å². The van der Waals surface area contributed by atoms with E-state index in [1.165, 1.54) is 35.2 Å². The van der Waals surface area contributed by atoms with Crippen molar-refractivity contribution in [1.82, 2.24) is 9.91 Å². The molecule has 4 amide bonds. The van der Waals surface area contributed by atoms with Gasteiger partial charge in [-0.05, 0) is 84.5 Å². The van der Waals surface area contributed by atoms with Crippen molar-refractivity contribution in [3.05, 3.63) is 141 Å². The van der Waals surface area contributed by atoms with Gasteiger partial charge in [0, 0.05) is 21.0 Å². The normalized spacial score (nSPS) is 27.2. The Morgan fingerprint density at radius 3 is 2.32 bits per heavy atom. The summed E-state index contributed by atoms with van der Waals surface area (Å²) >= 11 is 9.88. The molecule has 0 spiro atoms. The summed E-state index contributed by atoms with van der Waals surface area (Å²) < 4.78 is 14.5. The van der Waals surface area contributed by atoms with Gasteiger partial charge in [-0.2, -0.15) is 5.01 Å². The molecule has 0 bridgehead atoms. The maximum Gasteiger partial charge on any atom is 0.260 e. The molecule has 50 heavy (non-hydrogen) atoms. The number of allylic oxidation sites excluding steroid dienone is 2. The van der Waals surface area contributed by atoms with Crippen LogP contribution in [0.3, 0.4) is 0 Å². The first-order valence-electron chi connectivity index (χ1n) is 16.3. The van der Waals surface area contributed by atoms with Gasteiger partial charge in [0.2, 0.25) is 11.8 Å². The first-order chi connectivity index (χ1) is 24.1. The Bertz CT molecular complexity index is 2090. The zero-order chi connectivity index (χ0) is 34.9. The van der Waals surface area contributed by atoms with Gasteiger partial charge < -0.3 is 5.11 Å². The Morgan fingerprint density at radius 2 is 1.60 bits per heavy atom. The fraction of sp³-hybridized carbons (Fsp3) is 0.231. The minimum Gasteiger partial charge on any atom is -0.508 e. The number of hydrogen-bond acceptors (Lipinski definition) is 6. The van der Waals surface area contributed by atoms with Crippen LogP contribution in [0.4, 0.5) is 10.1 Å². The standard InChI is InChI=1S/C39H30BrClFN3O5/c40-23-8-17-32(46)30(18-23)34-27-15-16-28-33(37(49)44(35(28)47)20-21-4-2-1-3-5-21)29(27)19-31-36(48)45(43-26-13-11-25(42)12-14-26)38(50)39(31,34)22-6-9-24(41)10-7-22/h1-15,17-18,28-29,31,33-34,43,46H,16,19-20H2/t28-,29+,31-,33-,34+,39+/m0/s1. The second-order valence-corrected chi connectivity index (χ2v) is 14.7. The maximum atomic E-state index is 15.2. The van der Waals surface area contributed by atoms with Crippen LogP contribution in [0.2, 0.25) is 5.02 Å². The van der Waals surface area contributed by atoms with Crippen molar-refractivity contribution in [2.75, 3.05) is 5.43 Å². The van der Waals surface area contributed by atoms with E-state index < -0.39 is 52.6 Å². The second kappa shape index (κ2) is 12.2. The molecule has 4 aliphatic rings. The molecule has 6 atom stereocenters. The number of halogens is 3. The summed E-state index contributed by atoms with van der Waals surface area (Å²) in [6, 6.07) is 26.3. The molecule has 1 saturated carbocycles. The number of carbonyl (C=O) groups excluding carboxylic acids is 4. The topological polar surface area (TPSA) is 107 Å². The number of imide groups is 2. The lowest BCUT2D eigenvalue weighted by molar-refractivity contribution is -0.142. The number of amides is 4. The number of hydrazine groups is 1. The summed E-state index contributed by atoms with van der Waals surface area (Å²) in [5, 5.41) is 12.9. The van der Waals surface area contributed by atoms with Crippen LogP contribution >= 0.6 is 27.5 Å². The Balaban J connectivity index is 1.31. The molecule has 2 heterocycles. The molecule has 0 aromatic heterocycles. The van der Waals surface area contributed by atoms with Crippen molar-refractivity contribution in [2.24, 2.45) is 23.7 Å². The van der Waals surface area contributed by atoms with Gasteiger partial charge in [0.25, 0.3) is 11.8 Å². The number of aromatic hydroxyl groups is 1. The number of anilines is 1. The molecule has 3 fully saturated rings. The highest BCUT2D eigenvalue weighted by atomic mass is 79.9. The predicted molar refractivity (Wildman–Crippen MR) is 187 cm³/mol. The van der Waals surface area contributed by atoms with E-state index in [-0.39, 0.29) is 37.0 Å². The van der Waals surface area contributed by atoms with Gasteiger partial charge in [-0.25, -0.2) is 4.39 Å². The molecular weight excluding hydrogens is 725 g/mol. The van der Waals surface area contributed by atoms with Crippen LogP contribution in [0, 0.1) is 29.5 Å². The number of benzene rings is 4. The third-order valence-electron chi connectivity index (χ3n) is 10.8. The van der Waals surface area contributed by atoms with Gasteiger partial charge in [0.1, 0.15) is 11.6 Å². The van der Waals surface area contributed by atoms with Crippen molar-refractivity contribution in [3.8, 4) is 5.75 Å². The molecule has 4 aromatic carbocycles. The highest BCUT2D eigenvalue weighted by molar-refractivity contribution is 9.10. The van der Waals surface area contributed by atoms with E-state index in [1.54, 1.807) is 36.4 Å². The Morgan fingerprint density at radius 1 is 0.880 bits per heavy atom. The maximum absolute atomic E-state index is 15.2. The Labute approximate surface area is 300 Å². The second-order valence-electron chi connectivity index (χ2n) is 13.3. The quantitative estimate of drug-likeness (QED) is 0.160. The van der Waals surface area contributed by atoms with Crippen LogP contribution < -0.4 is 5.43 Å². The third-order valence-corrected chi connectivity index (χ3v) is 11.6. The summed E-state index contributed by atoms with van der Waals surface area (Å²) in [5.41, 5.74) is 4.12. The molecule has 0 radical (unpaired) electrons. The van der Waals surface area contributed by atoms with Crippen LogP contribution in [0.25, 0.3) is 0 Å². The van der Waals surface area contributed by atoms with Gasteiger partial charge in [0.05, 0.1) is 35.4 Å². The molecule has 2 aliphatic carbocycles. The molecule has 11 heteroatoms. The lowest BCUT2D eigenvalue weighted by Gasteiger charge is -2.50. The zero-order valence-electron chi connectivity index (χ0n) is 26.4. The summed E-state index contributed by atoms with van der Waals surface area (Å²) in [6.45, 7) is 0.133. The van der Waals surface area contributed by atoms with E-state index in [0.29, 0.717) is 26.3 Å².